The Kier molecular flexibility index (Phi) is 8.71. The lowest BCUT2D eigenvalue weighted by Gasteiger charge is -2.32. The fraction of sp³-hybridized carbons (Fsp3) is 0.500. The highest BCUT2D eigenvalue weighted by Gasteiger charge is 2.15. The number of nitrogens with one attached hydrogen (secondary N) is 2. The van der Waals surface area contributed by atoms with E-state index in [0.717, 1.165) is 44.1 Å². The van der Waals surface area contributed by atoms with Gasteiger partial charge in [0.1, 0.15) is 24.0 Å². The number of amides is 2. The first-order valence-corrected chi connectivity index (χ1v) is 10.9. The van der Waals surface area contributed by atoms with Gasteiger partial charge < -0.3 is 25.0 Å². The van der Waals surface area contributed by atoms with Crippen LogP contribution in [0, 0.1) is 0 Å². The molecule has 0 saturated carbocycles. The molecule has 2 N–H and O–H groups in total. The van der Waals surface area contributed by atoms with Crippen molar-refractivity contribution < 1.29 is 19.1 Å². The quantitative estimate of drug-likeness (QED) is 0.546. The van der Waals surface area contributed by atoms with Crippen LogP contribution < -0.4 is 15.4 Å². The Bertz CT molecular complexity index is 852. The molecule has 2 heterocycles. The molecule has 11 heteroatoms. The number of methoxy groups -OCH3 is 1. The van der Waals surface area contributed by atoms with Crippen LogP contribution in [-0.4, -0.2) is 91.8 Å². The van der Waals surface area contributed by atoms with Gasteiger partial charge in [-0.1, -0.05) is 11.3 Å². The average molecular weight is 449 g/mol. The molecule has 3 rings (SSSR count). The third-order valence-corrected chi connectivity index (χ3v) is 5.71. The van der Waals surface area contributed by atoms with Crippen molar-refractivity contribution in [3.8, 4) is 5.75 Å². The Morgan fingerprint density at radius 3 is 2.58 bits per heavy atom. The van der Waals surface area contributed by atoms with Gasteiger partial charge in [-0.3, -0.25) is 14.5 Å². The molecule has 31 heavy (non-hydrogen) atoms. The van der Waals surface area contributed by atoms with Gasteiger partial charge in [-0.2, -0.15) is 0 Å². The molecule has 1 aliphatic heterocycles. The molecule has 0 spiro atoms. The molecular weight excluding hydrogens is 420 g/mol. The summed E-state index contributed by atoms with van der Waals surface area (Å²) in [5.41, 5.74) is 0.632. The van der Waals surface area contributed by atoms with Crippen LogP contribution >= 0.6 is 11.3 Å². The van der Waals surface area contributed by atoms with Crippen LogP contribution in [0.5, 0.6) is 5.75 Å². The molecule has 0 unspecified atom stereocenters. The third-order valence-electron chi connectivity index (χ3n) is 4.81. The largest absolute Gasteiger partial charge is 0.497 e. The molecule has 1 fully saturated rings. The minimum Gasteiger partial charge on any atom is -0.497 e. The van der Waals surface area contributed by atoms with Gasteiger partial charge in [-0.25, -0.2) is 0 Å². The van der Waals surface area contributed by atoms with E-state index in [0.29, 0.717) is 23.0 Å². The monoisotopic (exact) mass is 448 g/mol. The van der Waals surface area contributed by atoms with E-state index in [-0.39, 0.29) is 30.0 Å². The SMILES string of the molecule is COc1ccc(NC(=O)c2nnc(COCC(=O)NCCN3CCN(C)CC3)s2)cc1. The maximum atomic E-state index is 12.3. The number of carbonyl (C=O) groups excluding carboxylic acids is 2. The average Bonchev–Trinajstić information content (AvgIpc) is 3.25. The summed E-state index contributed by atoms with van der Waals surface area (Å²) >= 11 is 1.13. The summed E-state index contributed by atoms with van der Waals surface area (Å²) in [6.45, 7) is 5.65. The summed E-state index contributed by atoms with van der Waals surface area (Å²) in [5, 5.41) is 14.2. The predicted octanol–water partition coefficient (Wildman–Crippen LogP) is 0.679. The van der Waals surface area contributed by atoms with Crippen LogP contribution in [0.4, 0.5) is 5.69 Å². The molecule has 2 aromatic rings. The standard InChI is InChI=1S/C20H28N6O4S/c1-25-9-11-26(12-10-25)8-7-21-17(27)13-30-14-18-23-24-20(31-18)19(28)22-15-3-5-16(29-2)6-4-15/h3-6H,7-14H2,1-2H3,(H,21,27)(H,22,28). The number of anilines is 1. The molecule has 1 aromatic carbocycles. The first kappa shape index (κ1) is 23.1. The van der Waals surface area contributed by atoms with Crippen LogP contribution in [0.2, 0.25) is 0 Å². The lowest BCUT2D eigenvalue weighted by Crippen LogP contribution is -2.47. The molecule has 0 bridgehead atoms. The van der Waals surface area contributed by atoms with Crippen molar-refractivity contribution in [3.05, 3.63) is 34.3 Å². The number of benzene rings is 1. The number of aromatic nitrogens is 2. The Morgan fingerprint density at radius 1 is 1.13 bits per heavy atom. The Hall–Kier alpha value is -2.60. The lowest BCUT2D eigenvalue weighted by atomic mass is 10.3. The van der Waals surface area contributed by atoms with Crippen molar-refractivity contribution in [2.24, 2.45) is 0 Å². The van der Waals surface area contributed by atoms with E-state index in [9.17, 15) is 9.59 Å². The molecule has 10 nitrogen and oxygen atoms in total. The second-order valence-electron chi connectivity index (χ2n) is 7.17. The lowest BCUT2D eigenvalue weighted by molar-refractivity contribution is -0.126. The molecule has 0 aliphatic carbocycles. The topological polar surface area (TPSA) is 109 Å². The van der Waals surface area contributed by atoms with Gasteiger partial charge in [0.25, 0.3) is 5.91 Å². The molecule has 1 saturated heterocycles. The molecule has 168 valence electrons. The van der Waals surface area contributed by atoms with E-state index in [1.54, 1.807) is 31.4 Å². The molecule has 1 aromatic heterocycles. The van der Waals surface area contributed by atoms with Crippen molar-refractivity contribution in [1.82, 2.24) is 25.3 Å². The van der Waals surface area contributed by atoms with E-state index < -0.39 is 0 Å². The third kappa shape index (κ3) is 7.55. The number of hydrogen-bond acceptors (Lipinski definition) is 9. The summed E-state index contributed by atoms with van der Waals surface area (Å²) in [6.07, 6.45) is 0. The molecule has 2 amide bonds. The predicted molar refractivity (Wildman–Crippen MR) is 117 cm³/mol. The second-order valence-corrected chi connectivity index (χ2v) is 8.23. The highest BCUT2D eigenvalue weighted by molar-refractivity contribution is 7.13. The van der Waals surface area contributed by atoms with Crippen molar-refractivity contribution in [3.63, 3.8) is 0 Å². The maximum absolute atomic E-state index is 12.3. The van der Waals surface area contributed by atoms with Crippen LogP contribution in [-0.2, 0) is 16.1 Å². The number of carbonyl (C=O) groups is 2. The number of likely N-dealkylation sites (N-methyl/N-ethyl adjacent to an activating group) is 1. The Morgan fingerprint density at radius 2 is 1.87 bits per heavy atom. The number of ether oxygens (including phenoxy) is 2. The van der Waals surface area contributed by atoms with E-state index in [4.69, 9.17) is 9.47 Å². The first-order chi connectivity index (χ1) is 15.0. The van der Waals surface area contributed by atoms with Crippen molar-refractivity contribution in [1.29, 1.82) is 0 Å². The van der Waals surface area contributed by atoms with Gasteiger partial charge in [0.05, 0.1) is 7.11 Å². The van der Waals surface area contributed by atoms with Gasteiger partial charge in [0.15, 0.2) is 0 Å². The van der Waals surface area contributed by atoms with Gasteiger partial charge in [-0.15, -0.1) is 10.2 Å². The summed E-state index contributed by atoms with van der Waals surface area (Å²) in [7, 11) is 3.70. The highest BCUT2D eigenvalue weighted by Crippen LogP contribution is 2.17. The van der Waals surface area contributed by atoms with Crippen molar-refractivity contribution in [2.75, 3.05) is 65.3 Å². The van der Waals surface area contributed by atoms with Crippen LogP contribution in [0.25, 0.3) is 0 Å². The van der Waals surface area contributed by atoms with E-state index in [1.807, 2.05) is 0 Å². The fourth-order valence-corrected chi connectivity index (χ4v) is 3.64. The zero-order valence-corrected chi connectivity index (χ0v) is 18.6. The first-order valence-electron chi connectivity index (χ1n) is 10.1. The minimum absolute atomic E-state index is 0.0598. The fourth-order valence-electron chi connectivity index (χ4n) is 2.97. The normalized spacial score (nSPS) is 14.9. The zero-order chi connectivity index (χ0) is 22.1. The van der Waals surface area contributed by atoms with Gasteiger partial charge in [-0.05, 0) is 31.3 Å². The molecule has 0 atom stereocenters. The van der Waals surface area contributed by atoms with Gasteiger partial charge in [0, 0.05) is 45.0 Å². The van der Waals surface area contributed by atoms with Crippen molar-refractivity contribution >= 4 is 28.8 Å². The molecule has 1 aliphatic rings. The van der Waals surface area contributed by atoms with Gasteiger partial charge >= 0.3 is 0 Å². The van der Waals surface area contributed by atoms with Crippen LogP contribution in [0.3, 0.4) is 0 Å². The minimum atomic E-state index is -0.351. The second kappa shape index (κ2) is 11.7. The van der Waals surface area contributed by atoms with E-state index in [2.05, 4.69) is 37.7 Å². The number of rotatable bonds is 10. The Labute approximate surface area is 185 Å². The highest BCUT2D eigenvalue weighted by atomic mass is 32.1. The smallest absolute Gasteiger partial charge is 0.286 e. The van der Waals surface area contributed by atoms with Crippen LogP contribution in [0.15, 0.2) is 24.3 Å². The number of piperazine rings is 1. The summed E-state index contributed by atoms with van der Waals surface area (Å²) in [4.78, 5) is 28.8. The molecular formula is C20H28N6O4S. The molecule has 0 radical (unpaired) electrons. The maximum Gasteiger partial charge on any atom is 0.286 e. The summed E-state index contributed by atoms with van der Waals surface area (Å²) in [6, 6.07) is 6.99. The van der Waals surface area contributed by atoms with Crippen molar-refractivity contribution in [2.45, 2.75) is 6.61 Å². The number of nitrogens with zero attached hydrogens (tertiary/aromatic N) is 4. The summed E-state index contributed by atoms with van der Waals surface area (Å²) < 4.78 is 10.5. The Balaban J connectivity index is 1.33. The van der Waals surface area contributed by atoms with E-state index in [1.165, 1.54) is 0 Å². The van der Waals surface area contributed by atoms with Gasteiger partial charge in [0.2, 0.25) is 10.9 Å². The van der Waals surface area contributed by atoms with Crippen LogP contribution in [0.1, 0.15) is 14.8 Å². The zero-order valence-electron chi connectivity index (χ0n) is 17.8. The number of hydrogen-bond donors (Lipinski definition) is 2. The summed E-state index contributed by atoms with van der Waals surface area (Å²) in [5.74, 6) is 0.184. The van der Waals surface area contributed by atoms with E-state index >= 15 is 0 Å².